The molecule has 1 aliphatic rings. The summed E-state index contributed by atoms with van der Waals surface area (Å²) >= 11 is 0. The first-order valence-electron chi connectivity index (χ1n) is 8.74. The molecule has 25 heavy (non-hydrogen) atoms. The van der Waals surface area contributed by atoms with Gasteiger partial charge in [0.2, 0.25) is 5.69 Å². The van der Waals surface area contributed by atoms with E-state index in [0.29, 0.717) is 6.17 Å². The summed E-state index contributed by atoms with van der Waals surface area (Å²) < 4.78 is 2.20. The van der Waals surface area contributed by atoms with Crippen molar-refractivity contribution >= 4 is 16.5 Å². The summed E-state index contributed by atoms with van der Waals surface area (Å²) in [6.07, 6.45) is 6.75. The summed E-state index contributed by atoms with van der Waals surface area (Å²) in [5.74, 6) is 0. The van der Waals surface area contributed by atoms with Gasteiger partial charge in [0.15, 0.2) is 6.20 Å². The number of aryl methyl sites for hydroxylation is 1. The molecule has 126 valence electrons. The van der Waals surface area contributed by atoms with E-state index < -0.39 is 0 Å². The molecule has 0 unspecified atom stereocenters. The SMILES string of the molecule is Cc1c(N2C=CN(C)[C@@H]2C)cc2ccccc2c1-c1cccc[n+]1C. The molecule has 1 aliphatic heterocycles. The molecule has 0 bridgehead atoms. The summed E-state index contributed by atoms with van der Waals surface area (Å²) in [6, 6.07) is 17.4. The average molecular weight is 330 g/mol. The van der Waals surface area contributed by atoms with E-state index in [4.69, 9.17) is 0 Å². The molecular formula is C22H24N3+. The molecule has 0 amide bonds. The first-order valence-corrected chi connectivity index (χ1v) is 8.74. The van der Waals surface area contributed by atoms with E-state index in [0.717, 1.165) is 0 Å². The van der Waals surface area contributed by atoms with Crippen LogP contribution >= 0.6 is 0 Å². The van der Waals surface area contributed by atoms with Crippen LogP contribution in [-0.2, 0) is 7.05 Å². The molecule has 4 rings (SSSR count). The molecule has 0 fully saturated rings. The Morgan fingerprint density at radius 3 is 2.48 bits per heavy atom. The Morgan fingerprint density at radius 1 is 1.00 bits per heavy atom. The van der Waals surface area contributed by atoms with Gasteiger partial charge in [0.05, 0.1) is 5.56 Å². The molecule has 0 saturated carbocycles. The number of hydrogen-bond donors (Lipinski definition) is 0. The molecule has 0 saturated heterocycles. The number of aromatic nitrogens is 1. The Labute approximate surface area is 149 Å². The monoisotopic (exact) mass is 330 g/mol. The van der Waals surface area contributed by atoms with Gasteiger partial charge in [-0.2, -0.15) is 0 Å². The van der Waals surface area contributed by atoms with E-state index in [1.807, 2.05) is 0 Å². The summed E-state index contributed by atoms with van der Waals surface area (Å²) in [7, 11) is 4.23. The molecule has 3 aromatic rings. The lowest BCUT2D eigenvalue weighted by molar-refractivity contribution is -0.660. The van der Waals surface area contributed by atoms with E-state index >= 15 is 0 Å². The van der Waals surface area contributed by atoms with Crippen LogP contribution in [0.25, 0.3) is 22.0 Å². The van der Waals surface area contributed by atoms with Gasteiger partial charge in [-0.1, -0.05) is 24.3 Å². The largest absolute Gasteiger partial charge is 0.359 e. The summed E-state index contributed by atoms with van der Waals surface area (Å²) in [5, 5.41) is 2.58. The minimum absolute atomic E-state index is 0.317. The fourth-order valence-corrected chi connectivity index (χ4v) is 3.72. The lowest BCUT2D eigenvalue weighted by Crippen LogP contribution is -2.34. The van der Waals surface area contributed by atoms with Gasteiger partial charge in [0.25, 0.3) is 0 Å². The predicted molar refractivity (Wildman–Crippen MR) is 104 cm³/mol. The van der Waals surface area contributed by atoms with Crippen LogP contribution < -0.4 is 9.47 Å². The van der Waals surface area contributed by atoms with Crippen LogP contribution in [0.4, 0.5) is 5.69 Å². The molecule has 2 heterocycles. The van der Waals surface area contributed by atoms with Crippen LogP contribution in [0.5, 0.6) is 0 Å². The fourth-order valence-electron chi connectivity index (χ4n) is 3.72. The van der Waals surface area contributed by atoms with Crippen molar-refractivity contribution in [2.24, 2.45) is 7.05 Å². The third kappa shape index (κ3) is 2.47. The fraction of sp³-hybridized carbons (Fsp3) is 0.227. The van der Waals surface area contributed by atoms with Crippen LogP contribution in [0.15, 0.2) is 67.1 Å². The molecule has 2 aromatic carbocycles. The van der Waals surface area contributed by atoms with E-state index in [-0.39, 0.29) is 0 Å². The number of hydrogen-bond acceptors (Lipinski definition) is 2. The second-order valence-electron chi connectivity index (χ2n) is 6.82. The molecule has 3 nitrogen and oxygen atoms in total. The first-order chi connectivity index (χ1) is 12.1. The minimum Gasteiger partial charge on any atom is -0.359 e. The Balaban J connectivity index is 2.03. The van der Waals surface area contributed by atoms with Crippen LogP contribution in [0.1, 0.15) is 12.5 Å². The number of rotatable bonds is 2. The van der Waals surface area contributed by atoms with E-state index in [1.165, 1.54) is 33.3 Å². The van der Waals surface area contributed by atoms with Crippen LogP contribution in [0, 0.1) is 6.92 Å². The second kappa shape index (κ2) is 5.92. The third-order valence-corrected chi connectivity index (χ3v) is 5.33. The summed E-state index contributed by atoms with van der Waals surface area (Å²) in [6.45, 7) is 4.47. The van der Waals surface area contributed by atoms with Gasteiger partial charge >= 0.3 is 0 Å². The van der Waals surface area contributed by atoms with Crippen molar-refractivity contribution in [2.75, 3.05) is 11.9 Å². The number of anilines is 1. The Bertz CT molecular complexity index is 974. The standard InChI is InChI=1S/C22H24N3/c1-16-21(25-14-13-23(3)17(25)2)15-18-9-5-6-10-19(18)22(16)20-11-7-8-12-24(20)4/h5-15,17H,1-4H3/q+1/t17-/m0/s1. The number of benzene rings is 2. The number of nitrogens with zero attached hydrogens (tertiary/aromatic N) is 3. The maximum Gasteiger partial charge on any atom is 0.213 e. The maximum atomic E-state index is 2.36. The van der Waals surface area contributed by atoms with E-state index in [1.54, 1.807) is 0 Å². The zero-order chi connectivity index (χ0) is 17.6. The highest BCUT2D eigenvalue weighted by Crippen LogP contribution is 2.38. The Hall–Kier alpha value is -2.81. The molecule has 1 aromatic heterocycles. The maximum absolute atomic E-state index is 2.36. The van der Waals surface area contributed by atoms with Gasteiger partial charge in [0.1, 0.15) is 13.2 Å². The second-order valence-corrected chi connectivity index (χ2v) is 6.82. The van der Waals surface area contributed by atoms with Gasteiger partial charge in [-0.05, 0) is 42.3 Å². The zero-order valence-electron chi connectivity index (χ0n) is 15.3. The van der Waals surface area contributed by atoms with Crippen molar-refractivity contribution in [3.63, 3.8) is 0 Å². The molecule has 1 atom stereocenters. The highest BCUT2D eigenvalue weighted by Gasteiger charge is 2.25. The quantitative estimate of drug-likeness (QED) is 0.652. The lowest BCUT2D eigenvalue weighted by atomic mass is 9.94. The zero-order valence-corrected chi connectivity index (χ0v) is 15.3. The van der Waals surface area contributed by atoms with Gasteiger partial charge in [-0.3, -0.25) is 0 Å². The van der Waals surface area contributed by atoms with Crippen LogP contribution in [-0.4, -0.2) is 18.1 Å². The number of pyridine rings is 1. The summed E-state index contributed by atoms with van der Waals surface area (Å²) in [4.78, 5) is 4.59. The van der Waals surface area contributed by atoms with Gasteiger partial charge in [0, 0.05) is 37.3 Å². The average Bonchev–Trinajstić information content (AvgIpc) is 2.95. The summed E-state index contributed by atoms with van der Waals surface area (Å²) in [5.41, 5.74) is 5.13. The molecule has 0 aliphatic carbocycles. The molecular weight excluding hydrogens is 306 g/mol. The number of fused-ring (bicyclic) bond motifs is 1. The van der Waals surface area contributed by atoms with Gasteiger partial charge < -0.3 is 9.80 Å². The molecule has 0 N–H and O–H groups in total. The molecule has 0 radical (unpaired) electrons. The minimum atomic E-state index is 0.317. The Morgan fingerprint density at radius 2 is 1.76 bits per heavy atom. The van der Waals surface area contributed by atoms with Crippen molar-refractivity contribution in [1.29, 1.82) is 0 Å². The topological polar surface area (TPSA) is 10.4 Å². The predicted octanol–water partition coefficient (Wildman–Crippen LogP) is 4.21. The van der Waals surface area contributed by atoms with Gasteiger partial charge in [-0.25, -0.2) is 4.57 Å². The van der Waals surface area contributed by atoms with E-state index in [9.17, 15) is 0 Å². The van der Waals surface area contributed by atoms with Crippen molar-refractivity contribution in [1.82, 2.24) is 4.90 Å². The highest BCUT2D eigenvalue weighted by atomic mass is 15.4. The normalized spacial score (nSPS) is 16.9. The van der Waals surface area contributed by atoms with Crippen LogP contribution in [0.2, 0.25) is 0 Å². The lowest BCUT2D eigenvalue weighted by Gasteiger charge is -2.29. The first kappa shape index (κ1) is 15.7. The molecule has 0 spiro atoms. The van der Waals surface area contributed by atoms with Crippen molar-refractivity contribution in [3.8, 4) is 11.3 Å². The van der Waals surface area contributed by atoms with Crippen LogP contribution in [0.3, 0.4) is 0 Å². The third-order valence-electron chi connectivity index (χ3n) is 5.33. The van der Waals surface area contributed by atoms with Crippen molar-refractivity contribution < 1.29 is 4.57 Å². The molecule has 3 heteroatoms. The van der Waals surface area contributed by atoms with Crippen molar-refractivity contribution in [3.05, 3.63) is 72.7 Å². The van der Waals surface area contributed by atoms with Gasteiger partial charge in [-0.15, -0.1) is 0 Å². The van der Waals surface area contributed by atoms with Crippen molar-refractivity contribution in [2.45, 2.75) is 20.0 Å². The highest BCUT2D eigenvalue weighted by molar-refractivity contribution is 6.00. The smallest absolute Gasteiger partial charge is 0.213 e. The Kier molecular flexibility index (Phi) is 3.72. The van der Waals surface area contributed by atoms with E-state index in [2.05, 4.69) is 109 Å².